The van der Waals surface area contributed by atoms with Gasteiger partial charge in [0.05, 0.1) is 18.4 Å². The van der Waals surface area contributed by atoms with E-state index in [9.17, 15) is 4.79 Å². The van der Waals surface area contributed by atoms with E-state index in [4.69, 9.17) is 20.1 Å². The lowest BCUT2D eigenvalue weighted by Gasteiger charge is -2.09. The Morgan fingerprint density at radius 2 is 2.21 bits per heavy atom. The predicted molar refractivity (Wildman–Crippen MR) is 84.3 cm³/mol. The number of methoxy groups -OCH3 is 1. The maximum Gasteiger partial charge on any atom is 0.357 e. The summed E-state index contributed by atoms with van der Waals surface area (Å²) >= 11 is 0. The fourth-order valence-corrected chi connectivity index (χ4v) is 2.32. The van der Waals surface area contributed by atoms with Crippen molar-refractivity contribution in [3.8, 4) is 23.2 Å². The Labute approximate surface area is 137 Å². The van der Waals surface area contributed by atoms with Crippen LogP contribution in [0.5, 0.6) is 0 Å². The number of hydrogen-bond donors (Lipinski definition) is 1. The minimum absolute atomic E-state index is 0.0726. The summed E-state index contributed by atoms with van der Waals surface area (Å²) in [6.45, 7) is 1.70. The highest BCUT2D eigenvalue weighted by Gasteiger charge is 2.22. The molecule has 0 fully saturated rings. The molecule has 24 heavy (non-hydrogen) atoms. The predicted octanol–water partition coefficient (Wildman–Crippen LogP) is 2.08. The van der Waals surface area contributed by atoms with Crippen molar-refractivity contribution in [2.75, 3.05) is 12.8 Å². The van der Waals surface area contributed by atoms with Gasteiger partial charge >= 0.3 is 5.97 Å². The summed E-state index contributed by atoms with van der Waals surface area (Å²) < 4.78 is 11.7. The van der Waals surface area contributed by atoms with E-state index in [0.717, 1.165) is 0 Å². The molecule has 0 atom stereocenters. The standard InChI is InChI=1S/C16H13N5O3/c1-9-19-20-15(24-9)10-4-3-5-12(6-10)21-8-11(7-17)13(18)14(21)16(22)23-2/h3-6,8H,18H2,1-2H3. The molecule has 0 aliphatic carbocycles. The Kier molecular flexibility index (Phi) is 3.75. The van der Waals surface area contributed by atoms with Crippen molar-refractivity contribution in [3.05, 3.63) is 47.6 Å². The van der Waals surface area contributed by atoms with Gasteiger partial charge in [0.1, 0.15) is 6.07 Å². The smallest absolute Gasteiger partial charge is 0.357 e. The minimum Gasteiger partial charge on any atom is -0.464 e. The van der Waals surface area contributed by atoms with Crippen LogP contribution >= 0.6 is 0 Å². The molecule has 2 N–H and O–H groups in total. The van der Waals surface area contributed by atoms with Crippen molar-refractivity contribution in [1.82, 2.24) is 14.8 Å². The number of carbonyl (C=O) groups is 1. The third-order valence-corrected chi connectivity index (χ3v) is 3.44. The monoisotopic (exact) mass is 323 g/mol. The van der Waals surface area contributed by atoms with E-state index >= 15 is 0 Å². The molecular weight excluding hydrogens is 310 g/mol. The van der Waals surface area contributed by atoms with Crippen LogP contribution in [0.15, 0.2) is 34.9 Å². The summed E-state index contributed by atoms with van der Waals surface area (Å²) in [5.41, 5.74) is 7.53. The highest BCUT2D eigenvalue weighted by atomic mass is 16.5. The number of ether oxygens (including phenoxy) is 1. The molecule has 3 rings (SSSR count). The van der Waals surface area contributed by atoms with Crippen molar-refractivity contribution in [1.29, 1.82) is 5.26 Å². The lowest BCUT2D eigenvalue weighted by Crippen LogP contribution is -2.11. The average Bonchev–Trinajstić information content (AvgIpc) is 3.17. The van der Waals surface area contributed by atoms with Crippen molar-refractivity contribution in [3.63, 3.8) is 0 Å². The second-order valence-electron chi connectivity index (χ2n) is 4.96. The van der Waals surface area contributed by atoms with Gasteiger partial charge in [-0.25, -0.2) is 4.79 Å². The molecule has 0 spiro atoms. The molecule has 2 heterocycles. The second kappa shape index (κ2) is 5.89. The third-order valence-electron chi connectivity index (χ3n) is 3.44. The van der Waals surface area contributed by atoms with E-state index in [1.165, 1.54) is 17.9 Å². The molecule has 1 aromatic carbocycles. The van der Waals surface area contributed by atoms with E-state index in [1.807, 2.05) is 6.07 Å². The van der Waals surface area contributed by atoms with Gasteiger partial charge in [0.15, 0.2) is 5.69 Å². The molecule has 0 aliphatic heterocycles. The molecule has 3 aromatic rings. The maximum absolute atomic E-state index is 12.0. The van der Waals surface area contributed by atoms with Crippen LogP contribution in [0.25, 0.3) is 17.1 Å². The zero-order valence-corrected chi connectivity index (χ0v) is 13.0. The van der Waals surface area contributed by atoms with Gasteiger partial charge < -0.3 is 19.5 Å². The lowest BCUT2D eigenvalue weighted by atomic mass is 10.2. The highest BCUT2D eigenvalue weighted by molar-refractivity contribution is 5.96. The van der Waals surface area contributed by atoms with Crippen molar-refractivity contribution < 1.29 is 13.9 Å². The molecule has 120 valence electrons. The fourth-order valence-electron chi connectivity index (χ4n) is 2.32. The molecule has 0 saturated carbocycles. The van der Waals surface area contributed by atoms with Crippen LogP contribution in [0.1, 0.15) is 21.9 Å². The van der Waals surface area contributed by atoms with Crippen molar-refractivity contribution in [2.45, 2.75) is 6.92 Å². The molecule has 0 unspecified atom stereocenters. The summed E-state index contributed by atoms with van der Waals surface area (Å²) in [5.74, 6) is 0.172. The topological polar surface area (TPSA) is 120 Å². The molecule has 0 amide bonds. The number of rotatable bonds is 3. The van der Waals surface area contributed by atoms with Crippen LogP contribution in [0.2, 0.25) is 0 Å². The number of anilines is 1. The Morgan fingerprint density at radius 3 is 2.83 bits per heavy atom. The number of benzene rings is 1. The number of nitrogens with two attached hydrogens (primary N) is 1. The summed E-state index contributed by atoms with van der Waals surface area (Å²) in [6.07, 6.45) is 1.49. The number of esters is 1. The Morgan fingerprint density at radius 1 is 1.42 bits per heavy atom. The van der Waals surface area contributed by atoms with E-state index in [-0.39, 0.29) is 16.9 Å². The van der Waals surface area contributed by atoms with Crippen LogP contribution in [0.4, 0.5) is 5.69 Å². The van der Waals surface area contributed by atoms with E-state index < -0.39 is 5.97 Å². The van der Waals surface area contributed by atoms with Gasteiger partial charge in [-0.05, 0) is 18.2 Å². The number of carbonyl (C=O) groups excluding carboxylic acids is 1. The van der Waals surface area contributed by atoms with Gasteiger partial charge in [-0.15, -0.1) is 10.2 Å². The van der Waals surface area contributed by atoms with Crippen LogP contribution in [-0.2, 0) is 4.74 Å². The number of nitrogens with zero attached hydrogens (tertiary/aromatic N) is 4. The second-order valence-corrected chi connectivity index (χ2v) is 4.96. The summed E-state index contributed by atoms with van der Waals surface area (Å²) in [5, 5.41) is 16.9. The van der Waals surface area contributed by atoms with Gasteiger partial charge in [0.2, 0.25) is 11.8 Å². The van der Waals surface area contributed by atoms with Crippen LogP contribution in [0.3, 0.4) is 0 Å². The first kappa shape index (κ1) is 15.3. The third kappa shape index (κ3) is 2.48. The Hall–Kier alpha value is -3.60. The van der Waals surface area contributed by atoms with E-state index in [2.05, 4.69) is 10.2 Å². The largest absolute Gasteiger partial charge is 0.464 e. The summed E-state index contributed by atoms with van der Waals surface area (Å²) in [7, 11) is 1.25. The molecule has 2 aromatic heterocycles. The molecule has 0 saturated heterocycles. The van der Waals surface area contributed by atoms with Gasteiger partial charge in [0, 0.05) is 24.4 Å². The fraction of sp³-hybridized carbons (Fsp3) is 0.125. The number of aromatic nitrogens is 3. The maximum atomic E-state index is 12.0. The van der Waals surface area contributed by atoms with Crippen LogP contribution in [-0.4, -0.2) is 27.8 Å². The van der Waals surface area contributed by atoms with Gasteiger partial charge in [-0.3, -0.25) is 0 Å². The molecule has 8 nitrogen and oxygen atoms in total. The number of hydrogen-bond acceptors (Lipinski definition) is 7. The van der Waals surface area contributed by atoms with Gasteiger partial charge in [-0.1, -0.05) is 6.07 Å². The number of nitrogen functional groups attached to an aromatic ring is 1. The zero-order chi connectivity index (χ0) is 17.3. The normalized spacial score (nSPS) is 10.4. The zero-order valence-electron chi connectivity index (χ0n) is 13.0. The SMILES string of the molecule is COC(=O)c1c(N)c(C#N)cn1-c1cccc(-c2nnc(C)o2)c1. The Bertz CT molecular complexity index is 964. The summed E-state index contributed by atoms with van der Waals surface area (Å²) in [4.78, 5) is 12.0. The van der Waals surface area contributed by atoms with Crippen molar-refractivity contribution in [2.24, 2.45) is 0 Å². The first-order chi connectivity index (χ1) is 11.5. The minimum atomic E-state index is -0.631. The molecule has 8 heteroatoms. The van der Waals surface area contributed by atoms with Gasteiger partial charge in [-0.2, -0.15) is 5.26 Å². The first-order valence-electron chi connectivity index (χ1n) is 6.95. The van der Waals surface area contributed by atoms with Crippen LogP contribution < -0.4 is 5.73 Å². The van der Waals surface area contributed by atoms with E-state index in [1.54, 1.807) is 31.2 Å². The lowest BCUT2D eigenvalue weighted by molar-refractivity contribution is 0.0593. The summed E-state index contributed by atoms with van der Waals surface area (Å²) in [6, 6.07) is 9.04. The molecule has 0 aliphatic rings. The first-order valence-corrected chi connectivity index (χ1v) is 6.95. The van der Waals surface area contributed by atoms with E-state index in [0.29, 0.717) is 23.0 Å². The number of aryl methyl sites for hydroxylation is 1. The molecule has 0 bridgehead atoms. The average molecular weight is 323 g/mol. The molecule has 0 radical (unpaired) electrons. The van der Waals surface area contributed by atoms with Crippen LogP contribution in [0, 0.1) is 18.3 Å². The number of nitriles is 1. The van der Waals surface area contributed by atoms with Crippen molar-refractivity contribution >= 4 is 11.7 Å². The van der Waals surface area contributed by atoms with Gasteiger partial charge in [0.25, 0.3) is 0 Å². The highest BCUT2D eigenvalue weighted by Crippen LogP contribution is 2.27. The molecular formula is C16H13N5O3. The quantitative estimate of drug-likeness (QED) is 0.732. The Balaban J connectivity index is 2.16.